The molecule has 0 bridgehead atoms. The van der Waals surface area contributed by atoms with Crippen molar-refractivity contribution in [3.8, 4) is 0 Å². The zero-order chi connectivity index (χ0) is 13.5. The van der Waals surface area contributed by atoms with Gasteiger partial charge in [0.2, 0.25) is 0 Å². The molecule has 1 aromatic rings. The second-order valence-corrected chi connectivity index (χ2v) is 5.08. The van der Waals surface area contributed by atoms with E-state index in [1.165, 1.54) is 6.07 Å². The van der Waals surface area contributed by atoms with Crippen LogP contribution in [0.5, 0.6) is 0 Å². The van der Waals surface area contributed by atoms with E-state index in [-0.39, 0.29) is 10.6 Å². The highest BCUT2D eigenvalue weighted by Gasteiger charge is 2.10. The minimum absolute atomic E-state index is 0.178. The van der Waals surface area contributed by atoms with Crippen LogP contribution < -0.4 is 5.32 Å². The number of nitrogens with zero attached hydrogens (tertiary/aromatic N) is 1. The molecule has 0 aliphatic heterocycles. The third-order valence-electron chi connectivity index (χ3n) is 3.07. The monoisotopic (exact) mass is 250 g/mol. The maximum absolute atomic E-state index is 10.7. The predicted octanol–water partition coefficient (Wildman–Crippen LogP) is 3.16. The Balaban J connectivity index is 2.56. The van der Waals surface area contributed by atoms with Crippen LogP contribution in [-0.2, 0) is 6.42 Å². The fraction of sp³-hybridized carbons (Fsp3) is 0.571. The van der Waals surface area contributed by atoms with Crippen LogP contribution in [-0.4, -0.2) is 18.0 Å². The first kappa shape index (κ1) is 14.6. The summed E-state index contributed by atoms with van der Waals surface area (Å²) in [5.41, 5.74) is 1.21. The van der Waals surface area contributed by atoms with Gasteiger partial charge in [-0.25, -0.2) is 0 Å². The van der Waals surface area contributed by atoms with Crippen LogP contribution in [0.2, 0.25) is 0 Å². The Kier molecular flexibility index (Phi) is 5.78. The lowest BCUT2D eigenvalue weighted by Crippen LogP contribution is -2.27. The quantitative estimate of drug-likeness (QED) is 0.597. The van der Waals surface area contributed by atoms with Crippen LogP contribution in [0, 0.1) is 16.0 Å². The van der Waals surface area contributed by atoms with Gasteiger partial charge >= 0.3 is 0 Å². The fourth-order valence-electron chi connectivity index (χ4n) is 2.12. The summed E-state index contributed by atoms with van der Waals surface area (Å²) in [6.07, 6.45) is 3.02. The van der Waals surface area contributed by atoms with Gasteiger partial charge in [-0.05, 0) is 37.8 Å². The van der Waals surface area contributed by atoms with Gasteiger partial charge in [0.05, 0.1) is 4.92 Å². The third kappa shape index (κ3) is 4.84. The lowest BCUT2D eigenvalue weighted by atomic mass is 9.97. The Morgan fingerprint density at radius 1 is 1.39 bits per heavy atom. The number of aryl methyl sites for hydroxylation is 1. The SMILES string of the molecule is CNC(CCc1cccc([N+](=O)[O-])c1)CC(C)C. The van der Waals surface area contributed by atoms with Crippen molar-refractivity contribution in [1.82, 2.24) is 5.32 Å². The molecule has 0 spiro atoms. The molecule has 0 aromatic heterocycles. The van der Waals surface area contributed by atoms with Gasteiger partial charge in [0, 0.05) is 18.2 Å². The highest BCUT2D eigenvalue weighted by Crippen LogP contribution is 2.16. The summed E-state index contributed by atoms with van der Waals surface area (Å²) < 4.78 is 0. The van der Waals surface area contributed by atoms with Crippen molar-refractivity contribution in [3.63, 3.8) is 0 Å². The smallest absolute Gasteiger partial charge is 0.269 e. The van der Waals surface area contributed by atoms with Crippen LogP contribution >= 0.6 is 0 Å². The van der Waals surface area contributed by atoms with Crippen LogP contribution in [0.3, 0.4) is 0 Å². The summed E-state index contributed by atoms with van der Waals surface area (Å²) in [4.78, 5) is 10.3. The van der Waals surface area contributed by atoms with E-state index in [1.807, 2.05) is 13.1 Å². The lowest BCUT2D eigenvalue weighted by molar-refractivity contribution is -0.384. The number of nitro benzene ring substituents is 1. The molecule has 0 amide bonds. The summed E-state index contributed by atoms with van der Waals surface area (Å²) in [5.74, 6) is 0.660. The van der Waals surface area contributed by atoms with E-state index in [0.717, 1.165) is 24.8 Å². The van der Waals surface area contributed by atoms with Gasteiger partial charge in [0.1, 0.15) is 0 Å². The maximum Gasteiger partial charge on any atom is 0.269 e. The molecule has 0 saturated carbocycles. The second kappa shape index (κ2) is 7.11. The second-order valence-electron chi connectivity index (χ2n) is 5.08. The molecule has 1 unspecified atom stereocenters. The topological polar surface area (TPSA) is 55.2 Å². The number of hydrogen-bond acceptors (Lipinski definition) is 3. The predicted molar refractivity (Wildman–Crippen MR) is 73.7 cm³/mol. The molecule has 0 heterocycles. The Hall–Kier alpha value is -1.42. The summed E-state index contributed by atoms with van der Waals surface area (Å²) in [7, 11) is 1.97. The third-order valence-corrected chi connectivity index (χ3v) is 3.07. The highest BCUT2D eigenvalue weighted by atomic mass is 16.6. The van der Waals surface area contributed by atoms with Crippen molar-refractivity contribution in [1.29, 1.82) is 0 Å². The molecule has 1 rings (SSSR count). The first-order valence-corrected chi connectivity index (χ1v) is 6.43. The Bertz CT molecular complexity index is 391. The number of hydrogen-bond donors (Lipinski definition) is 1. The van der Waals surface area contributed by atoms with E-state index in [0.29, 0.717) is 12.0 Å². The van der Waals surface area contributed by atoms with Gasteiger partial charge in [-0.2, -0.15) is 0 Å². The van der Waals surface area contributed by atoms with Crippen LogP contribution in [0.25, 0.3) is 0 Å². The van der Waals surface area contributed by atoms with Gasteiger partial charge in [-0.1, -0.05) is 26.0 Å². The molecule has 0 fully saturated rings. The van der Waals surface area contributed by atoms with Crippen molar-refractivity contribution in [2.75, 3.05) is 7.05 Å². The van der Waals surface area contributed by atoms with E-state index >= 15 is 0 Å². The van der Waals surface area contributed by atoms with E-state index in [4.69, 9.17) is 0 Å². The van der Waals surface area contributed by atoms with Crippen LogP contribution in [0.1, 0.15) is 32.3 Å². The summed E-state index contributed by atoms with van der Waals surface area (Å²) >= 11 is 0. The number of non-ortho nitro benzene ring substituents is 1. The number of rotatable bonds is 7. The Labute approximate surface area is 109 Å². The Morgan fingerprint density at radius 2 is 2.11 bits per heavy atom. The zero-order valence-corrected chi connectivity index (χ0v) is 11.3. The molecule has 18 heavy (non-hydrogen) atoms. The van der Waals surface area contributed by atoms with Gasteiger partial charge in [0.25, 0.3) is 5.69 Å². The first-order valence-electron chi connectivity index (χ1n) is 6.43. The zero-order valence-electron chi connectivity index (χ0n) is 11.3. The average Bonchev–Trinajstić information content (AvgIpc) is 2.34. The van der Waals surface area contributed by atoms with E-state index in [2.05, 4.69) is 19.2 Å². The first-order chi connectivity index (χ1) is 8.52. The average molecular weight is 250 g/mol. The number of nitro groups is 1. The lowest BCUT2D eigenvalue weighted by Gasteiger charge is -2.18. The number of benzene rings is 1. The summed E-state index contributed by atoms with van der Waals surface area (Å²) in [6, 6.07) is 7.39. The van der Waals surface area contributed by atoms with Gasteiger partial charge in [-0.15, -0.1) is 0 Å². The molecular formula is C14H22N2O2. The van der Waals surface area contributed by atoms with Gasteiger partial charge in [0.15, 0.2) is 0 Å². The largest absolute Gasteiger partial charge is 0.317 e. The van der Waals surface area contributed by atoms with Gasteiger partial charge in [-0.3, -0.25) is 10.1 Å². The summed E-state index contributed by atoms with van der Waals surface area (Å²) in [5, 5.41) is 14.0. The molecule has 0 saturated heterocycles. The molecule has 1 N–H and O–H groups in total. The molecule has 0 aliphatic carbocycles. The Morgan fingerprint density at radius 3 is 2.67 bits per heavy atom. The molecule has 4 heteroatoms. The minimum Gasteiger partial charge on any atom is -0.317 e. The number of nitrogens with one attached hydrogen (secondary N) is 1. The van der Waals surface area contributed by atoms with Crippen LogP contribution in [0.15, 0.2) is 24.3 Å². The molecule has 100 valence electrons. The standard InChI is InChI=1S/C14H22N2O2/c1-11(2)9-13(15-3)8-7-12-5-4-6-14(10-12)16(17)18/h4-6,10-11,13,15H,7-9H2,1-3H3. The molecule has 1 atom stereocenters. The van der Waals surface area contributed by atoms with E-state index in [9.17, 15) is 10.1 Å². The van der Waals surface area contributed by atoms with Crippen molar-refractivity contribution in [2.24, 2.45) is 5.92 Å². The normalized spacial score (nSPS) is 12.7. The van der Waals surface area contributed by atoms with E-state index < -0.39 is 0 Å². The molecule has 4 nitrogen and oxygen atoms in total. The van der Waals surface area contributed by atoms with Crippen molar-refractivity contribution in [3.05, 3.63) is 39.9 Å². The molecule has 0 radical (unpaired) electrons. The highest BCUT2D eigenvalue weighted by molar-refractivity contribution is 5.34. The minimum atomic E-state index is -0.340. The van der Waals surface area contributed by atoms with Gasteiger partial charge < -0.3 is 5.32 Å². The summed E-state index contributed by atoms with van der Waals surface area (Å²) in [6.45, 7) is 4.41. The van der Waals surface area contributed by atoms with Crippen molar-refractivity contribution >= 4 is 5.69 Å². The van der Waals surface area contributed by atoms with Crippen molar-refractivity contribution in [2.45, 2.75) is 39.2 Å². The fourth-order valence-corrected chi connectivity index (χ4v) is 2.12. The molecule has 1 aromatic carbocycles. The van der Waals surface area contributed by atoms with Crippen molar-refractivity contribution < 1.29 is 4.92 Å². The van der Waals surface area contributed by atoms with Crippen LogP contribution in [0.4, 0.5) is 5.69 Å². The molecule has 0 aliphatic rings. The molecular weight excluding hydrogens is 228 g/mol. The maximum atomic E-state index is 10.7. The van der Waals surface area contributed by atoms with E-state index in [1.54, 1.807) is 12.1 Å².